The smallest absolute Gasteiger partial charge is 0.305 e. The number of carbonyl (C=O) groups excluding carboxylic acids is 1. The molecule has 0 radical (unpaired) electrons. The Balaban J connectivity index is 1.76. The van der Waals surface area contributed by atoms with Crippen LogP contribution in [0.25, 0.3) is 10.9 Å². The third-order valence-electron chi connectivity index (χ3n) is 4.57. The predicted octanol–water partition coefficient (Wildman–Crippen LogP) is 2.53. The molecule has 3 N–H and O–H groups in total. The van der Waals surface area contributed by atoms with Crippen LogP contribution >= 0.6 is 0 Å². The topological polar surface area (TPSA) is 82.2 Å². The SMILES string of the molecule is Cc1[nH]c2ccccc2c1CC(=O)NC1(CC(=O)O)CCC1. The zero-order valence-corrected chi connectivity index (χ0v) is 12.6. The number of carboxylic acids is 1. The molecule has 0 unspecified atom stereocenters. The fraction of sp³-hybridized carbons (Fsp3) is 0.412. The average molecular weight is 300 g/mol. The van der Waals surface area contributed by atoms with Crippen LogP contribution in [0.4, 0.5) is 0 Å². The molecule has 1 aliphatic rings. The molecule has 22 heavy (non-hydrogen) atoms. The molecule has 0 atom stereocenters. The number of aromatic amines is 1. The van der Waals surface area contributed by atoms with Crippen molar-refractivity contribution < 1.29 is 14.7 Å². The predicted molar refractivity (Wildman–Crippen MR) is 83.7 cm³/mol. The molecule has 3 rings (SSSR count). The van der Waals surface area contributed by atoms with Crippen molar-refractivity contribution in [3.05, 3.63) is 35.5 Å². The van der Waals surface area contributed by atoms with Crippen molar-refractivity contribution >= 4 is 22.8 Å². The number of aryl methyl sites for hydroxylation is 1. The summed E-state index contributed by atoms with van der Waals surface area (Å²) in [5, 5.41) is 13.0. The van der Waals surface area contributed by atoms with Gasteiger partial charge in [0.05, 0.1) is 18.4 Å². The number of H-pyrrole nitrogens is 1. The lowest BCUT2D eigenvalue weighted by atomic mass is 9.74. The maximum atomic E-state index is 12.4. The van der Waals surface area contributed by atoms with Crippen molar-refractivity contribution in [1.29, 1.82) is 0 Å². The van der Waals surface area contributed by atoms with Crippen LogP contribution in [0.1, 0.15) is 36.9 Å². The van der Waals surface area contributed by atoms with Gasteiger partial charge in [-0.2, -0.15) is 0 Å². The molecule has 5 heteroatoms. The summed E-state index contributed by atoms with van der Waals surface area (Å²) in [5.41, 5.74) is 2.45. The van der Waals surface area contributed by atoms with Gasteiger partial charge in [-0.05, 0) is 37.8 Å². The Kier molecular flexibility index (Phi) is 3.64. The highest BCUT2D eigenvalue weighted by molar-refractivity contribution is 5.90. The highest BCUT2D eigenvalue weighted by atomic mass is 16.4. The molecule has 1 aromatic carbocycles. The van der Waals surface area contributed by atoms with E-state index in [9.17, 15) is 9.59 Å². The maximum absolute atomic E-state index is 12.4. The van der Waals surface area contributed by atoms with E-state index in [-0.39, 0.29) is 18.7 Å². The molecule has 1 amide bonds. The average Bonchev–Trinajstić information content (AvgIpc) is 2.72. The van der Waals surface area contributed by atoms with Gasteiger partial charge < -0.3 is 15.4 Å². The number of hydrogen-bond acceptors (Lipinski definition) is 2. The minimum Gasteiger partial charge on any atom is -0.481 e. The Hall–Kier alpha value is -2.30. The fourth-order valence-electron chi connectivity index (χ4n) is 3.30. The van der Waals surface area contributed by atoms with E-state index in [4.69, 9.17) is 5.11 Å². The van der Waals surface area contributed by atoms with Gasteiger partial charge in [0.2, 0.25) is 5.91 Å². The summed E-state index contributed by atoms with van der Waals surface area (Å²) in [5.74, 6) is -0.961. The zero-order valence-electron chi connectivity index (χ0n) is 12.6. The monoisotopic (exact) mass is 300 g/mol. The van der Waals surface area contributed by atoms with E-state index in [1.165, 1.54) is 0 Å². The first-order chi connectivity index (χ1) is 10.5. The quantitative estimate of drug-likeness (QED) is 0.793. The highest BCUT2D eigenvalue weighted by Crippen LogP contribution is 2.35. The van der Waals surface area contributed by atoms with Crippen LogP contribution < -0.4 is 5.32 Å². The Morgan fingerprint density at radius 3 is 2.68 bits per heavy atom. The van der Waals surface area contributed by atoms with E-state index < -0.39 is 11.5 Å². The van der Waals surface area contributed by atoms with E-state index in [2.05, 4.69) is 10.3 Å². The number of aromatic nitrogens is 1. The van der Waals surface area contributed by atoms with Gasteiger partial charge in [0, 0.05) is 16.6 Å². The number of benzene rings is 1. The number of para-hydroxylation sites is 1. The van der Waals surface area contributed by atoms with Crippen molar-refractivity contribution in [2.24, 2.45) is 0 Å². The number of rotatable bonds is 5. The lowest BCUT2D eigenvalue weighted by Crippen LogP contribution is -2.55. The Morgan fingerprint density at radius 2 is 2.05 bits per heavy atom. The second-order valence-corrected chi connectivity index (χ2v) is 6.20. The molecular formula is C17H20N2O3. The van der Waals surface area contributed by atoms with Crippen LogP contribution in [0.15, 0.2) is 24.3 Å². The van der Waals surface area contributed by atoms with Crippen molar-refractivity contribution in [1.82, 2.24) is 10.3 Å². The molecule has 116 valence electrons. The van der Waals surface area contributed by atoms with Gasteiger partial charge in [-0.15, -0.1) is 0 Å². The number of aliphatic carboxylic acids is 1. The first kappa shape index (κ1) is 14.6. The third kappa shape index (κ3) is 2.71. The molecule has 1 aliphatic carbocycles. The summed E-state index contributed by atoms with van der Waals surface area (Å²) in [6.07, 6.45) is 2.75. The lowest BCUT2D eigenvalue weighted by molar-refractivity contribution is -0.140. The fourth-order valence-corrected chi connectivity index (χ4v) is 3.30. The van der Waals surface area contributed by atoms with Crippen molar-refractivity contribution in [2.75, 3.05) is 0 Å². The van der Waals surface area contributed by atoms with Crippen molar-refractivity contribution in [3.8, 4) is 0 Å². The van der Waals surface area contributed by atoms with Crippen LogP contribution in [0.2, 0.25) is 0 Å². The van der Waals surface area contributed by atoms with Gasteiger partial charge in [0.15, 0.2) is 0 Å². The van der Waals surface area contributed by atoms with E-state index in [1.807, 2.05) is 31.2 Å². The van der Waals surface area contributed by atoms with Crippen LogP contribution in [0.3, 0.4) is 0 Å². The summed E-state index contributed by atoms with van der Waals surface area (Å²) in [7, 11) is 0. The normalized spacial score (nSPS) is 16.2. The molecule has 1 fully saturated rings. The van der Waals surface area contributed by atoms with Gasteiger partial charge >= 0.3 is 5.97 Å². The molecule has 0 spiro atoms. The summed E-state index contributed by atoms with van der Waals surface area (Å²) < 4.78 is 0. The van der Waals surface area contributed by atoms with Crippen LogP contribution in [-0.4, -0.2) is 27.5 Å². The van der Waals surface area contributed by atoms with Crippen molar-refractivity contribution in [3.63, 3.8) is 0 Å². The van der Waals surface area contributed by atoms with Gasteiger partial charge in [-0.3, -0.25) is 9.59 Å². The van der Waals surface area contributed by atoms with Crippen LogP contribution in [0.5, 0.6) is 0 Å². The zero-order chi connectivity index (χ0) is 15.7. The largest absolute Gasteiger partial charge is 0.481 e. The molecule has 0 saturated heterocycles. The molecule has 1 aromatic heterocycles. The molecule has 0 bridgehead atoms. The molecule has 1 saturated carbocycles. The number of amides is 1. The number of carbonyl (C=O) groups is 2. The van der Waals surface area contributed by atoms with Crippen molar-refractivity contribution in [2.45, 2.75) is 44.6 Å². The minimum absolute atomic E-state index is 0.00556. The summed E-state index contributed by atoms with van der Waals surface area (Å²) in [4.78, 5) is 26.6. The number of fused-ring (bicyclic) bond motifs is 1. The molecule has 2 aromatic rings. The molecule has 5 nitrogen and oxygen atoms in total. The van der Waals surface area contributed by atoms with E-state index in [0.717, 1.165) is 41.4 Å². The first-order valence-electron chi connectivity index (χ1n) is 7.58. The van der Waals surface area contributed by atoms with Gasteiger partial charge in [-0.25, -0.2) is 0 Å². The summed E-state index contributed by atoms with van der Waals surface area (Å²) in [6, 6.07) is 7.90. The number of nitrogens with one attached hydrogen (secondary N) is 2. The number of hydrogen-bond donors (Lipinski definition) is 3. The third-order valence-corrected chi connectivity index (χ3v) is 4.57. The Labute approximate surface area is 128 Å². The molecular weight excluding hydrogens is 280 g/mol. The van der Waals surface area contributed by atoms with E-state index in [0.29, 0.717) is 0 Å². The van der Waals surface area contributed by atoms with E-state index >= 15 is 0 Å². The van der Waals surface area contributed by atoms with E-state index in [1.54, 1.807) is 0 Å². The Bertz CT molecular complexity index is 729. The first-order valence-corrected chi connectivity index (χ1v) is 7.58. The second-order valence-electron chi connectivity index (χ2n) is 6.20. The Morgan fingerprint density at radius 1 is 1.32 bits per heavy atom. The van der Waals surface area contributed by atoms with Gasteiger partial charge in [0.1, 0.15) is 0 Å². The minimum atomic E-state index is -0.858. The highest BCUT2D eigenvalue weighted by Gasteiger charge is 2.40. The van der Waals surface area contributed by atoms with Gasteiger partial charge in [0.25, 0.3) is 0 Å². The second kappa shape index (κ2) is 5.48. The molecule has 1 heterocycles. The van der Waals surface area contributed by atoms with Crippen LogP contribution in [0, 0.1) is 6.92 Å². The van der Waals surface area contributed by atoms with Crippen LogP contribution in [-0.2, 0) is 16.0 Å². The summed E-state index contributed by atoms with van der Waals surface area (Å²) in [6.45, 7) is 1.96. The summed E-state index contributed by atoms with van der Waals surface area (Å²) >= 11 is 0. The van der Waals surface area contributed by atoms with Gasteiger partial charge in [-0.1, -0.05) is 18.2 Å². The lowest BCUT2D eigenvalue weighted by Gasteiger charge is -2.41. The standard InChI is InChI=1S/C17H20N2O3/c1-11-13(12-5-2-3-6-14(12)18-11)9-15(20)19-17(7-4-8-17)10-16(21)22/h2-3,5-6,18H,4,7-10H2,1H3,(H,19,20)(H,21,22). The number of carboxylic acid groups (broad SMARTS) is 1. The maximum Gasteiger partial charge on any atom is 0.305 e. The molecule has 0 aliphatic heterocycles.